The molecule has 1 amide bonds. The van der Waals surface area contributed by atoms with Crippen LogP contribution in [0.4, 0.5) is 0 Å². The van der Waals surface area contributed by atoms with Crippen molar-refractivity contribution in [1.82, 2.24) is 5.32 Å². The maximum Gasteiger partial charge on any atom is 0.223 e. The molecule has 22 heavy (non-hydrogen) atoms. The molecule has 3 rings (SSSR count). The first-order valence-corrected chi connectivity index (χ1v) is 8.57. The summed E-state index contributed by atoms with van der Waals surface area (Å²) in [6, 6.07) is 10.3. The highest BCUT2D eigenvalue weighted by atomic mass is 32.1. The number of rotatable bonds is 6. The van der Waals surface area contributed by atoms with Crippen molar-refractivity contribution in [1.29, 1.82) is 0 Å². The normalized spacial score (nSPS) is 21.2. The second-order valence-corrected chi connectivity index (χ2v) is 6.72. The molecule has 0 radical (unpaired) electrons. The van der Waals surface area contributed by atoms with Crippen LogP contribution in [0.1, 0.15) is 30.4 Å². The Morgan fingerprint density at radius 1 is 1.41 bits per heavy atom. The number of carbonyl (C=O) groups is 1. The molecule has 1 fully saturated rings. The molecule has 3 atom stereocenters. The third-order valence-electron chi connectivity index (χ3n) is 4.18. The number of hydrogen-bond donors (Lipinski definition) is 1. The third kappa shape index (κ3) is 3.33. The Bertz CT molecular complexity index is 638. The lowest BCUT2D eigenvalue weighted by Gasteiger charge is -2.13. The van der Waals surface area contributed by atoms with Crippen LogP contribution in [0.25, 0.3) is 0 Å². The summed E-state index contributed by atoms with van der Waals surface area (Å²) in [5.74, 6) is 1.43. The van der Waals surface area contributed by atoms with Gasteiger partial charge in [0.25, 0.3) is 0 Å². The quantitative estimate of drug-likeness (QED) is 0.884. The zero-order valence-corrected chi connectivity index (χ0v) is 13.7. The maximum absolute atomic E-state index is 12.4. The van der Waals surface area contributed by atoms with Crippen molar-refractivity contribution >= 4 is 17.2 Å². The Morgan fingerprint density at radius 3 is 2.95 bits per heavy atom. The van der Waals surface area contributed by atoms with Crippen molar-refractivity contribution in [3.05, 3.63) is 52.2 Å². The predicted octanol–water partition coefficient (Wildman–Crippen LogP) is 3.61. The first kappa shape index (κ1) is 15.1. The van der Waals surface area contributed by atoms with Crippen LogP contribution in [-0.4, -0.2) is 19.1 Å². The number of benzene rings is 1. The Morgan fingerprint density at radius 2 is 2.23 bits per heavy atom. The van der Waals surface area contributed by atoms with Gasteiger partial charge in [-0.1, -0.05) is 18.2 Å². The van der Waals surface area contributed by atoms with Crippen LogP contribution >= 0.6 is 11.3 Å². The monoisotopic (exact) mass is 315 g/mol. The molecule has 1 unspecified atom stereocenters. The van der Waals surface area contributed by atoms with Gasteiger partial charge in [-0.3, -0.25) is 4.79 Å². The second kappa shape index (κ2) is 6.53. The van der Waals surface area contributed by atoms with E-state index in [0.717, 1.165) is 24.2 Å². The van der Waals surface area contributed by atoms with Gasteiger partial charge in [-0.25, -0.2) is 0 Å². The third-order valence-corrected chi connectivity index (χ3v) is 4.91. The first-order chi connectivity index (χ1) is 10.7. The molecular weight excluding hydrogens is 294 g/mol. The Balaban J connectivity index is 1.56. The van der Waals surface area contributed by atoms with Crippen LogP contribution in [0.5, 0.6) is 5.75 Å². The molecule has 0 spiro atoms. The molecule has 1 aromatic carbocycles. The fourth-order valence-electron chi connectivity index (χ4n) is 2.96. The van der Waals surface area contributed by atoms with Crippen LogP contribution in [0.15, 0.2) is 41.1 Å². The van der Waals surface area contributed by atoms with E-state index in [1.165, 1.54) is 5.56 Å². The summed E-state index contributed by atoms with van der Waals surface area (Å²) in [6.07, 6.45) is 1.80. The van der Waals surface area contributed by atoms with E-state index in [-0.39, 0.29) is 17.9 Å². The van der Waals surface area contributed by atoms with Gasteiger partial charge in [-0.05, 0) is 59.7 Å². The molecule has 0 bridgehead atoms. The van der Waals surface area contributed by atoms with E-state index in [9.17, 15) is 4.79 Å². The summed E-state index contributed by atoms with van der Waals surface area (Å²) in [5, 5.41) is 7.35. The molecule has 1 heterocycles. The van der Waals surface area contributed by atoms with E-state index in [2.05, 4.69) is 35.1 Å². The molecule has 4 heteroatoms. The molecular formula is C18H21NO2S. The van der Waals surface area contributed by atoms with Crippen molar-refractivity contribution in [3.63, 3.8) is 0 Å². The standard InChI is InChI=1S/C18H21NO2S/c1-12(9-13-7-8-22-11-13)19-18(20)16-10-15(16)14-5-3-4-6-17(14)21-2/h3-8,11-12,15-16H,9-10H2,1-2H3,(H,19,20)/t12?,15-,16+/m0/s1. The number of ether oxygens (including phenoxy) is 1. The van der Waals surface area contributed by atoms with E-state index in [0.29, 0.717) is 5.92 Å². The topological polar surface area (TPSA) is 38.3 Å². The van der Waals surface area contributed by atoms with E-state index < -0.39 is 0 Å². The van der Waals surface area contributed by atoms with Crippen molar-refractivity contribution in [2.45, 2.75) is 31.7 Å². The zero-order chi connectivity index (χ0) is 15.5. The van der Waals surface area contributed by atoms with Crippen molar-refractivity contribution in [2.24, 2.45) is 5.92 Å². The molecule has 2 aromatic rings. The fraction of sp³-hybridized carbons (Fsp3) is 0.389. The molecule has 1 aromatic heterocycles. The van der Waals surface area contributed by atoms with Crippen LogP contribution in [0.2, 0.25) is 0 Å². The number of carbonyl (C=O) groups excluding carboxylic acids is 1. The Hall–Kier alpha value is -1.81. The van der Waals surface area contributed by atoms with E-state index in [4.69, 9.17) is 4.74 Å². The van der Waals surface area contributed by atoms with Gasteiger partial charge in [-0.2, -0.15) is 11.3 Å². The summed E-state index contributed by atoms with van der Waals surface area (Å²) in [4.78, 5) is 12.4. The number of amides is 1. The van der Waals surface area contributed by atoms with Crippen LogP contribution in [0.3, 0.4) is 0 Å². The van der Waals surface area contributed by atoms with Crippen LogP contribution in [0, 0.1) is 5.92 Å². The summed E-state index contributed by atoms with van der Waals surface area (Å²) in [6.45, 7) is 2.07. The molecule has 1 aliphatic rings. The number of methoxy groups -OCH3 is 1. The van der Waals surface area contributed by atoms with Gasteiger partial charge in [0.1, 0.15) is 5.75 Å². The van der Waals surface area contributed by atoms with Crippen molar-refractivity contribution in [2.75, 3.05) is 7.11 Å². The van der Waals surface area contributed by atoms with E-state index in [1.54, 1.807) is 18.4 Å². The number of hydrogen-bond acceptors (Lipinski definition) is 3. The van der Waals surface area contributed by atoms with Gasteiger partial charge in [0, 0.05) is 12.0 Å². The molecule has 3 nitrogen and oxygen atoms in total. The minimum atomic E-state index is 0.0845. The summed E-state index contributed by atoms with van der Waals surface area (Å²) in [7, 11) is 1.68. The van der Waals surface area contributed by atoms with Crippen molar-refractivity contribution in [3.8, 4) is 5.75 Å². The lowest BCUT2D eigenvalue weighted by Crippen LogP contribution is -2.35. The maximum atomic E-state index is 12.4. The average Bonchev–Trinajstić information content (AvgIpc) is 3.17. The average molecular weight is 315 g/mol. The second-order valence-electron chi connectivity index (χ2n) is 5.94. The minimum Gasteiger partial charge on any atom is -0.496 e. The Kier molecular flexibility index (Phi) is 4.48. The molecule has 116 valence electrons. The number of para-hydroxylation sites is 1. The predicted molar refractivity (Wildman–Crippen MR) is 89.5 cm³/mol. The van der Waals surface area contributed by atoms with Gasteiger partial charge < -0.3 is 10.1 Å². The van der Waals surface area contributed by atoms with Gasteiger partial charge in [0.2, 0.25) is 5.91 Å². The fourth-order valence-corrected chi connectivity index (χ4v) is 3.65. The highest BCUT2D eigenvalue weighted by Crippen LogP contribution is 2.50. The first-order valence-electron chi connectivity index (χ1n) is 7.63. The van der Waals surface area contributed by atoms with E-state index in [1.807, 2.05) is 18.2 Å². The molecule has 1 N–H and O–H groups in total. The largest absolute Gasteiger partial charge is 0.496 e. The Labute approximate surface area is 135 Å². The number of nitrogens with one attached hydrogen (secondary N) is 1. The van der Waals surface area contributed by atoms with Gasteiger partial charge >= 0.3 is 0 Å². The van der Waals surface area contributed by atoms with Gasteiger partial charge in [-0.15, -0.1) is 0 Å². The molecule has 1 aliphatic carbocycles. The van der Waals surface area contributed by atoms with Crippen LogP contribution in [-0.2, 0) is 11.2 Å². The summed E-state index contributed by atoms with van der Waals surface area (Å²) >= 11 is 1.69. The molecule has 1 saturated carbocycles. The summed E-state index contributed by atoms with van der Waals surface area (Å²) < 4.78 is 5.40. The van der Waals surface area contributed by atoms with Gasteiger partial charge in [0.05, 0.1) is 7.11 Å². The zero-order valence-electron chi connectivity index (χ0n) is 12.9. The lowest BCUT2D eigenvalue weighted by molar-refractivity contribution is -0.123. The lowest BCUT2D eigenvalue weighted by atomic mass is 10.1. The van der Waals surface area contributed by atoms with Crippen molar-refractivity contribution < 1.29 is 9.53 Å². The highest BCUT2D eigenvalue weighted by molar-refractivity contribution is 7.07. The SMILES string of the molecule is COc1ccccc1[C@@H]1C[C@H]1C(=O)NC(C)Cc1ccsc1. The highest BCUT2D eigenvalue weighted by Gasteiger charge is 2.45. The van der Waals surface area contributed by atoms with Crippen LogP contribution < -0.4 is 10.1 Å². The summed E-state index contributed by atoms with van der Waals surface area (Å²) in [5.41, 5.74) is 2.44. The smallest absolute Gasteiger partial charge is 0.223 e. The van der Waals surface area contributed by atoms with E-state index >= 15 is 0 Å². The number of thiophene rings is 1. The molecule has 0 aliphatic heterocycles. The minimum absolute atomic E-state index is 0.0845. The van der Waals surface area contributed by atoms with Gasteiger partial charge in [0.15, 0.2) is 0 Å². The molecule has 0 saturated heterocycles.